The van der Waals surface area contributed by atoms with Gasteiger partial charge in [0, 0.05) is 22.0 Å². The molecular weight excluding hydrogens is 374 g/mol. The molecule has 0 fully saturated rings. The number of halogens is 3. The van der Waals surface area contributed by atoms with Crippen molar-refractivity contribution < 1.29 is 4.39 Å². The van der Waals surface area contributed by atoms with Gasteiger partial charge in [0.05, 0.1) is 18.6 Å². The summed E-state index contributed by atoms with van der Waals surface area (Å²) in [4.78, 5) is 13.1. The van der Waals surface area contributed by atoms with Gasteiger partial charge in [0.15, 0.2) is 5.82 Å². The molecule has 0 aromatic heterocycles. The molecule has 4 nitrogen and oxygen atoms in total. The summed E-state index contributed by atoms with van der Waals surface area (Å²) in [6.45, 7) is 0.418. The van der Waals surface area contributed by atoms with Crippen molar-refractivity contribution >= 4 is 23.2 Å². The standard InChI is InChI=1S/C19H12Cl2FN4/c20-15-5-2-6-16(21)14(15)9-26-11-25-17(18-19(26)24-10-23-18)8-12-3-1-4-13(22)7-12/h1-8,10-11H,9H2. The maximum atomic E-state index is 13.4. The van der Waals surface area contributed by atoms with Gasteiger partial charge in [0.2, 0.25) is 0 Å². The second-order valence-corrected chi connectivity index (χ2v) is 6.52. The average Bonchev–Trinajstić information content (AvgIpc) is 3.10. The number of rotatable bonds is 4. The fourth-order valence-corrected chi connectivity index (χ4v) is 3.25. The average molecular weight is 386 g/mol. The summed E-state index contributed by atoms with van der Waals surface area (Å²) >= 11 is 12.5. The molecule has 0 unspecified atom stereocenters. The van der Waals surface area contributed by atoms with Gasteiger partial charge in [0.1, 0.15) is 17.8 Å². The van der Waals surface area contributed by atoms with E-state index in [2.05, 4.69) is 15.0 Å². The lowest BCUT2D eigenvalue weighted by atomic mass is 10.1. The number of fused-ring (bicyclic) bond motifs is 1. The van der Waals surface area contributed by atoms with E-state index in [9.17, 15) is 4.39 Å². The van der Waals surface area contributed by atoms with Gasteiger partial charge in [-0.25, -0.2) is 19.3 Å². The van der Waals surface area contributed by atoms with E-state index in [0.29, 0.717) is 39.4 Å². The van der Waals surface area contributed by atoms with E-state index in [1.807, 2.05) is 4.57 Å². The van der Waals surface area contributed by atoms with Crippen LogP contribution in [0, 0.1) is 12.2 Å². The minimum absolute atomic E-state index is 0.303. The summed E-state index contributed by atoms with van der Waals surface area (Å²) in [7, 11) is 0. The van der Waals surface area contributed by atoms with E-state index in [0.717, 1.165) is 5.56 Å². The molecule has 2 aromatic carbocycles. The first-order valence-electron chi connectivity index (χ1n) is 7.81. The fraction of sp³-hybridized carbons (Fsp3) is 0.0526. The minimum atomic E-state index is -0.303. The lowest BCUT2D eigenvalue weighted by molar-refractivity contribution is 0.627. The second-order valence-electron chi connectivity index (χ2n) is 5.70. The SMILES string of the molecule is Fc1cccc([CH]c2ncn(Cc3c(Cl)cccc3Cl)c3ncnc2-3)c1. The number of nitrogens with zero attached hydrogens (tertiary/aromatic N) is 4. The van der Waals surface area contributed by atoms with Crippen LogP contribution in [0.4, 0.5) is 4.39 Å². The molecule has 0 spiro atoms. The minimum Gasteiger partial charge on any atom is -0.311 e. The topological polar surface area (TPSA) is 43.6 Å². The van der Waals surface area contributed by atoms with E-state index in [-0.39, 0.29) is 5.82 Å². The van der Waals surface area contributed by atoms with Gasteiger partial charge in [-0.2, -0.15) is 0 Å². The van der Waals surface area contributed by atoms with Gasteiger partial charge in [0.25, 0.3) is 0 Å². The molecule has 0 amide bonds. The number of imidazole rings is 1. The van der Waals surface area contributed by atoms with Crippen LogP contribution in [-0.4, -0.2) is 19.5 Å². The molecule has 0 N–H and O–H groups in total. The van der Waals surface area contributed by atoms with Gasteiger partial charge < -0.3 is 4.57 Å². The molecule has 0 saturated heterocycles. The molecule has 0 aliphatic carbocycles. The molecule has 4 rings (SSSR count). The number of aromatic nitrogens is 4. The molecule has 1 radical (unpaired) electrons. The first-order valence-corrected chi connectivity index (χ1v) is 8.56. The van der Waals surface area contributed by atoms with E-state index < -0.39 is 0 Å². The van der Waals surface area contributed by atoms with Gasteiger partial charge in [-0.3, -0.25) is 0 Å². The molecule has 0 saturated carbocycles. The monoisotopic (exact) mass is 385 g/mol. The Morgan fingerprint density at radius 3 is 2.54 bits per heavy atom. The summed E-state index contributed by atoms with van der Waals surface area (Å²) < 4.78 is 15.2. The third-order valence-electron chi connectivity index (χ3n) is 3.97. The molecule has 2 aliphatic rings. The smallest absolute Gasteiger partial charge is 0.163 e. The van der Waals surface area contributed by atoms with Crippen LogP contribution in [-0.2, 0) is 6.54 Å². The van der Waals surface area contributed by atoms with Crippen LogP contribution in [0.25, 0.3) is 11.5 Å². The molecule has 129 valence electrons. The molecule has 0 atom stereocenters. The van der Waals surface area contributed by atoms with Crippen LogP contribution in [0.1, 0.15) is 16.8 Å². The van der Waals surface area contributed by atoms with Crippen molar-refractivity contribution in [2.45, 2.75) is 6.54 Å². The maximum Gasteiger partial charge on any atom is 0.163 e. The summed E-state index contributed by atoms with van der Waals surface area (Å²) in [5.74, 6) is 0.349. The van der Waals surface area contributed by atoms with Crippen molar-refractivity contribution in [3.8, 4) is 11.5 Å². The highest BCUT2D eigenvalue weighted by Gasteiger charge is 2.18. The molecule has 7 heteroatoms. The van der Waals surface area contributed by atoms with Gasteiger partial charge >= 0.3 is 0 Å². The van der Waals surface area contributed by atoms with Crippen LogP contribution in [0.15, 0.2) is 55.1 Å². The van der Waals surface area contributed by atoms with Crippen molar-refractivity contribution in [3.05, 3.63) is 94.2 Å². The predicted molar refractivity (Wildman–Crippen MR) is 98.9 cm³/mol. The highest BCUT2D eigenvalue weighted by atomic mass is 35.5. The molecule has 0 bridgehead atoms. The number of hydrogen-bond acceptors (Lipinski definition) is 3. The van der Waals surface area contributed by atoms with Crippen LogP contribution in [0.3, 0.4) is 0 Å². The Morgan fingerprint density at radius 2 is 1.77 bits per heavy atom. The van der Waals surface area contributed by atoms with E-state index in [1.54, 1.807) is 43.1 Å². The Labute approximate surface area is 159 Å². The summed E-state index contributed by atoms with van der Waals surface area (Å²) in [5, 5.41) is 1.15. The largest absolute Gasteiger partial charge is 0.311 e. The Kier molecular flexibility index (Phi) is 4.57. The van der Waals surface area contributed by atoms with Crippen molar-refractivity contribution in [3.63, 3.8) is 0 Å². The highest BCUT2D eigenvalue weighted by molar-refractivity contribution is 6.35. The van der Waals surface area contributed by atoms with Gasteiger partial charge in [-0.05, 0) is 29.8 Å². The van der Waals surface area contributed by atoms with Crippen molar-refractivity contribution in [2.24, 2.45) is 0 Å². The molecular formula is C19H12Cl2FN4. The summed E-state index contributed by atoms with van der Waals surface area (Å²) in [6, 6.07) is 11.7. The van der Waals surface area contributed by atoms with Crippen LogP contribution < -0.4 is 0 Å². The van der Waals surface area contributed by atoms with E-state index in [1.165, 1.54) is 18.5 Å². The second kappa shape index (κ2) is 7.02. The zero-order valence-electron chi connectivity index (χ0n) is 13.4. The molecule has 2 aliphatic heterocycles. The highest BCUT2D eigenvalue weighted by Crippen LogP contribution is 2.28. The molecule has 2 heterocycles. The number of hydrogen-bond donors (Lipinski definition) is 0. The van der Waals surface area contributed by atoms with Crippen LogP contribution in [0.5, 0.6) is 0 Å². The third kappa shape index (κ3) is 3.28. The maximum absolute atomic E-state index is 13.4. The predicted octanol–water partition coefficient (Wildman–Crippen LogP) is 4.87. The Hall–Kier alpha value is -2.50. The normalized spacial score (nSPS) is 11.2. The Morgan fingerprint density at radius 1 is 1.00 bits per heavy atom. The van der Waals surface area contributed by atoms with Crippen molar-refractivity contribution in [2.75, 3.05) is 0 Å². The molecule has 2 aromatic rings. The fourth-order valence-electron chi connectivity index (χ4n) is 2.73. The van der Waals surface area contributed by atoms with Gasteiger partial charge in [-0.1, -0.05) is 41.4 Å². The lowest BCUT2D eigenvalue weighted by Crippen LogP contribution is -2.10. The van der Waals surface area contributed by atoms with Crippen LogP contribution >= 0.6 is 23.2 Å². The Balaban J connectivity index is 1.70. The van der Waals surface area contributed by atoms with E-state index in [4.69, 9.17) is 23.2 Å². The van der Waals surface area contributed by atoms with Crippen molar-refractivity contribution in [1.82, 2.24) is 19.5 Å². The van der Waals surface area contributed by atoms with Gasteiger partial charge in [-0.15, -0.1) is 0 Å². The first kappa shape index (κ1) is 16.9. The Bertz CT molecular complexity index is 1030. The quantitative estimate of drug-likeness (QED) is 0.503. The summed E-state index contributed by atoms with van der Waals surface area (Å²) in [6.07, 6.45) is 4.90. The summed E-state index contributed by atoms with van der Waals surface area (Å²) in [5.41, 5.74) is 2.73. The zero-order chi connectivity index (χ0) is 18.1. The zero-order valence-corrected chi connectivity index (χ0v) is 14.9. The first-order chi connectivity index (χ1) is 12.6. The van der Waals surface area contributed by atoms with Crippen molar-refractivity contribution in [1.29, 1.82) is 0 Å². The molecule has 26 heavy (non-hydrogen) atoms. The lowest BCUT2D eigenvalue weighted by Gasteiger charge is -2.14. The van der Waals surface area contributed by atoms with Crippen LogP contribution in [0.2, 0.25) is 10.0 Å². The van der Waals surface area contributed by atoms with E-state index >= 15 is 0 Å². The third-order valence-corrected chi connectivity index (χ3v) is 4.68. The number of benzene rings is 2.